The van der Waals surface area contributed by atoms with E-state index in [4.69, 9.17) is 9.47 Å². The van der Waals surface area contributed by atoms with Crippen molar-refractivity contribution in [2.24, 2.45) is 5.41 Å². The summed E-state index contributed by atoms with van der Waals surface area (Å²) in [6, 6.07) is 15.5. The number of carbonyl (C=O) groups is 3. The van der Waals surface area contributed by atoms with Gasteiger partial charge in [0.15, 0.2) is 0 Å². The highest BCUT2D eigenvalue weighted by Gasteiger charge is 2.49. The second-order valence-electron chi connectivity index (χ2n) is 9.34. The predicted octanol–water partition coefficient (Wildman–Crippen LogP) is 2.91. The summed E-state index contributed by atoms with van der Waals surface area (Å²) in [6.45, 7) is 4.79. The standard InChI is InChI=1S/C25H28N2O6/c1-24(2,22(29)30)27-21(28)25(3)14-32-13-20(25)26-23(31)33-12-19-17-10-6-4-8-15(17)16-9-5-7-11-18(16)19/h4-11,19-20H,12-14H2,1-3H3,(H,26,31)(H,27,28)(H,29,30). The zero-order valence-corrected chi connectivity index (χ0v) is 18.9. The van der Waals surface area contributed by atoms with E-state index in [9.17, 15) is 19.5 Å². The van der Waals surface area contributed by atoms with Gasteiger partial charge < -0.3 is 25.2 Å². The summed E-state index contributed by atoms with van der Waals surface area (Å²) in [5, 5.41) is 14.6. The van der Waals surface area contributed by atoms with E-state index < -0.39 is 35.0 Å². The molecule has 8 nitrogen and oxygen atoms in total. The minimum absolute atomic E-state index is 0.0584. The maximum absolute atomic E-state index is 12.9. The molecule has 0 radical (unpaired) electrons. The molecule has 1 fully saturated rings. The number of rotatable bonds is 6. The minimum atomic E-state index is -1.45. The average Bonchev–Trinajstić information content (AvgIpc) is 3.30. The molecular formula is C25H28N2O6. The number of ether oxygens (including phenoxy) is 2. The summed E-state index contributed by atoms with van der Waals surface area (Å²) in [4.78, 5) is 36.9. The monoisotopic (exact) mass is 452 g/mol. The quantitative estimate of drug-likeness (QED) is 0.621. The van der Waals surface area contributed by atoms with Gasteiger partial charge in [-0.2, -0.15) is 0 Å². The van der Waals surface area contributed by atoms with Crippen LogP contribution in [0.5, 0.6) is 0 Å². The van der Waals surface area contributed by atoms with Crippen molar-refractivity contribution in [2.75, 3.05) is 19.8 Å². The zero-order valence-electron chi connectivity index (χ0n) is 18.9. The molecule has 0 saturated carbocycles. The molecule has 2 aromatic carbocycles. The van der Waals surface area contributed by atoms with Gasteiger partial charge in [-0.15, -0.1) is 0 Å². The highest BCUT2D eigenvalue weighted by atomic mass is 16.5. The fraction of sp³-hybridized carbons (Fsp3) is 0.400. The van der Waals surface area contributed by atoms with E-state index in [1.165, 1.54) is 13.8 Å². The molecule has 33 heavy (non-hydrogen) atoms. The first-order valence-corrected chi connectivity index (χ1v) is 10.9. The van der Waals surface area contributed by atoms with Gasteiger partial charge in [-0.1, -0.05) is 48.5 Å². The van der Waals surface area contributed by atoms with Gasteiger partial charge >= 0.3 is 12.1 Å². The van der Waals surface area contributed by atoms with Gasteiger partial charge in [0.2, 0.25) is 5.91 Å². The number of benzene rings is 2. The van der Waals surface area contributed by atoms with Crippen LogP contribution in [-0.2, 0) is 19.1 Å². The Balaban J connectivity index is 1.42. The molecule has 0 bridgehead atoms. The largest absolute Gasteiger partial charge is 0.480 e. The Hall–Kier alpha value is -3.39. The van der Waals surface area contributed by atoms with E-state index in [0.29, 0.717) is 0 Å². The van der Waals surface area contributed by atoms with Gasteiger partial charge in [0.25, 0.3) is 0 Å². The van der Waals surface area contributed by atoms with Gasteiger partial charge in [0, 0.05) is 5.92 Å². The molecule has 0 aromatic heterocycles. The number of amides is 2. The van der Waals surface area contributed by atoms with E-state index in [1.54, 1.807) is 6.92 Å². The maximum Gasteiger partial charge on any atom is 0.407 e. The lowest BCUT2D eigenvalue weighted by atomic mass is 9.83. The predicted molar refractivity (Wildman–Crippen MR) is 121 cm³/mol. The summed E-state index contributed by atoms with van der Waals surface area (Å²) < 4.78 is 11.0. The van der Waals surface area contributed by atoms with Gasteiger partial charge in [-0.25, -0.2) is 9.59 Å². The van der Waals surface area contributed by atoms with Crippen LogP contribution in [0.2, 0.25) is 0 Å². The van der Waals surface area contributed by atoms with Crippen molar-refractivity contribution in [2.45, 2.75) is 38.3 Å². The van der Waals surface area contributed by atoms with Crippen molar-refractivity contribution in [1.82, 2.24) is 10.6 Å². The molecule has 174 valence electrons. The Morgan fingerprint density at radius 1 is 1.09 bits per heavy atom. The smallest absolute Gasteiger partial charge is 0.407 e. The summed E-state index contributed by atoms with van der Waals surface area (Å²) in [5.74, 6) is -1.73. The molecule has 1 heterocycles. The van der Waals surface area contributed by atoms with E-state index in [0.717, 1.165) is 22.3 Å². The lowest BCUT2D eigenvalue weighted by Gasteiger charge is -2.32. The Labute approximate surface area is 192 Å². The molecule has 1 aliphatic heterocycles. The molecule has 3 N–H and O–H groups in total. The molecule has 2 aliphatic rings. The van der Waals surface area contributed by atoms with Crippen LogP contribution in [0, 0.1) is 5.41 Å². The van der Waals surface area contributed by atoms with Crippen molar-refractivity contribution in [3.05, 3.63) is 59.7 Å². The third-order valence-electron chi connectivity index (χ3n) is 6.57. The average molecular weight is 453 g/mol. The van der Waals surface area contributed by atoms with Crippen LogP contribution in [0.1, 0.15) is 37.8 Å². The number of carboxylic acids is 1. The molecule has 2 atom stereocenters. The first-order valence-electron chi connectivity index (χ1n) is 10.9. The highest BCUT2D eigenvalue weighted by Crippen LogP contribution is 2.44. The Bertz CT molecular complexity index is 1050. The van der Waals surface area contributed by atoms with E-state index in [2.05, 4.69) is 22.8 Å². The second-order valence-corrected chi connectivity index (χ2v) is 9.34. The van der Waals surface area contributed by atoms with Gasteiger partial charge in [0.1, 0.15) is 12.1 Å². The summed E-state index contributed by atoms with van der Waals surface area (Å²) in [7, 11) is 0. The fourth-order valence-corrected chi connectivity index (χ4v) is 4.36. The number of alkyl carbamates (subject to hydrolysis) is 1. The topological polar surface area (TPSA) is 114 Å². The summed E-state index contributed by atoms with van der Waals surface area (Å²) >= 11 is 0. The normalized spacial score (nSPS) is 21.7. The Kier molecular flexibility index (Phi) is 5.88. The first kappa shape index (κ1) is 22.8. The SMILES string of the molecule is CC(C)(NC(=O)C1(C)COCC1NC(=O)OCC1c2ccccc2-c2ccccc21)C(=O)O. The van der Waals surface area contributed by atoms with Crippen molar-refractivity contribution < 1.29 is 29.0 Å². The molecule has 2 aromatic rings. The first-order chi connectivity index (χ1) is 15.6. The van der Waals surface area contributed by atoms with E-state index in [-0.39, 0.29) is 25.7 Å². The molecule has 1 aliphatic carbocycles. The van der Waals surface area contributed by atoms with Crippen LogP contribution >= 0.6 is 0 Å². The third kappa shape index (κ3) is 4.18. The molecule has 1 saturated heterocycles. The Morgan fingerprint density at radius 3 is 2.24 bits per heavy atom. The van der Waals surface area contributed by atoms with Crippen LogP contribution < -0.4 is 10.6 Å². The van der Waals surface area contributed by atoms with Gasteiger partial charge in [0.05, 0.1) is 24.7 Å². The number of fused-ring (bicyclic) bond motifs is 3. The summed E-state index contributed by atoms with van der Waals surface area (Å²) in [5.41, 5.74) is 1.91. The lowest BCUT2D eigenvalue weighted by molar-refractivity contribution is -0.148. The van der Waals surface area contributed by atoms with Crippen molar-refractivity contribution in [3.8, 4) is 11.1 Å². The highest BCUT2D eigenvalue weighted by molar-refractivity contribution is 5.90. The molecule has 8 heteroatoms. The number of carbonyl (C=O) groups excluding carboxylic acids is 2. The molecule has 2 amide bonds. The third-order valence-corrected chi connectivity index (χ3v) is 6.57. The maximum atomic E-state index is 12.9. The van der Waals surface area contributed by atoms with Crippen molar-refractivity contribution >= 4 is 18.0 Å². The number of hydrogen-bond acceptors (Lipinski definition) is 5. The minimum Gasteiger partial charge on any atom is -0.480 e. The Morgan fingerprint density at radius 2 is 1.67 bits per heavy atom. The van der Waals surface area contributed by atoms with Gasteiger partial charge in [-0.05, 0) is 43.0 Å². The van der Waals surface area contributed by atoms with Crippen LogP contribution in [0.25, 0.3) is 11.1 Å². The van der Waals surface area contributed by atoms with Crippen LogP contribution in [0.4, 0.5) is 4.79 Å². The fourth-order valence-electron chi connectivity index (χ4n) is 4.36. The van der Waals surface area contributed by atoms with Crippen LogP contribution in [0.15, 0.2) is 48.5 Å². The summed E-state index contributed by atoms with van der Waals surface area (Å²) in [6.07, 6.45) is -0.649. The number of nitrogens with one attached hydrogen (secondary N) is 2. The molecule has 2 unspecified atom stereocenters. The van der Waals surface area contributed by atoms with Crippen molar-refractivity contribution in [3.63, 3.8) is 0 Å². The number of carboxylic acid groups (broad SMARTS) is 1. The molecular weight excluding hydrogens is 424 g/mol. The van der Waals surface area contributed by atoms with E-state index >= 15 is 0 Å². The number of hydrogen-bond donors (Lipinski definition) is 3. The van der Waals surface area contributed by atoms with Crippen molar-refractivity contribution in [1.29, 1.82) is 0 Å². The molecule has 0 spiro atoms. The van der Waals surface area contributed by atoms with Crippen LogP contribution in [-0.4, -0.2) is 54.5 Å². The number of aliphatic carboxylic acids is 1. The van der Waals surface area contributed by atoms with E-state index in [1.807, 2.05) is 36.4 Å². The molecule has 4 rings (SSSR count). The van der Waals surface area contributed by atoms with Gasteiger partial charge in [-0.3, -0.25) is 4.79 Å². The zero-order chi connectivity index (χ0) is 23.8. The second kappa shape index (κ2) is 8.51. The lowest BCUT2D eigenvalue weighted by Crippen LogP contribution is -2.59. The van der Waals surface area contributed by atoms with Crippen LogP contribution in [0.3, 0.4) is 0 Å².